The molecule has 1 fully saturated rings. The molecule has 1 atom stereocenters. The summed E-state index contributed by atoms with van der Waals surface area (Å²) < 4.78 is 0. The van der Waals surface area contributed by atoms with Crippen molar-refractivity contribution in [3.05, 3.63) is 30.0 Å². The molecule has 0 aliphatic carbocycles. The zero-order valence-electron chi connectivity index (χ0n) is 11.1. The minimum atomic E-state index is 0.544. The molecule has 1 aromatic heterocycles. The molecule has 2 aromatic rings. The molecule has 1 unspecified atom stereocenters. The number of nitrogens with zero attached hydrogens (tertiary/aromatic N) is 3. The number of aryl methyl sites for hydroxylation is 1. The first-order chi connectivity index (χ1) is 9.29. The van der Waals surface area contributed by atoms with E-state index < -0.39 is 0 Å². The first-order valence-electron chi connectivity index (χ1n) is 6.85. The van der Waals surface area contributed by atoms with Crippen LogP contribution < -0.4 is 4.90 Å². The zero-order valence-corrected chi connectivity index (χ0v) is 12.7. The van der Waals surface area contributed by atoms with Crippen LogP contribution in [-0.2, 0) is 0 Å². The van der Waals surface area contributed by atoms with Gasteiger partial charge in [-0.25, -0.2) is 9.97 Å². The molecule has 100 valence electrons. The standard InChI is InChI=1S/C15H18BrN3/c1-11-15(19-9-5-4-6-12(19)10-16)18-14-8-3-2-7-13(14)17-11/h2-3,7-8,12H,4-6,9-10H2,1H3. The summed E-state index contributed by atoms with van der Waals surface area (Å²) in [7, 11) is 0. The lowest BCUT2D eigenvalue weighted by Gasteiger charge is -2.36. The Morgan fingerprint density at radius 2 is 1.95 bits per heavy atom. The van der Waals surface area contributed by atoms with Crippen LogP contribution in [0.15, 0.2) is 24.3 Å². The number of rotatable bonds is 2. The average molecular weight is 320 g/mol. The SMILES string of the molecule is Cc1nc2ccccc2nc1N1CCCCC1CBr. The van der Waals surface area contributed by atoms with Gasteiger partial charge in [0.25, 0.3) is 0 Å². The zero-order chi connectivity index (χ0) is 13.2. The molecule has 0 radical (unpaired) electrons. The maximum absolute atomic E-state index is 4.84. The number of aromatic nitrogens is 2. The smallest absolute Gasteiger partial charge is 0.151 e. The van der Waals surface area contributed by atoms with E-state index in [0.717, 1.165) is 34.4 Å². The van der Waals surface area contributed by atoms with Crippen LogP contribution in [0.1, 0.15) is 25.0 Å². The summed E-state index contributed by atoms with van der Waals surface area (Å²) in [5.41, 5.74) is 3.00. The van der Waals surface area contributed by atoms with Crippen molar-refractivity contribution >= 4 is 32.8 Å². The Labute approximate surface area is 122 Å². The monoisotopic (exact) mass is 319 g/mol. The van der Waals surface area contributed by atoms with Gasteiger partial charge in [-0.3, -0.25) is 0 Å². The van der Waals surface area contributed by atoms with Crippen LogP contribution in [-0.4, -0.2) is 27.9 Å². The summed E-state index contributed by atoms with van der Waals surface area (Å²) in [5, 5.41) is 1.00. The van der Waals surface area contributed by atoms with Crippen molar-refractivity contribution in [2.24, 2.45) is 0 Å². The number of hydrogen-bond donors (Lipinski definition) is 0. The number of para-hydroxylation sites is 2. The fourth-order valence-corrected chi connectivity index (χ4v) is 3.46. The van der Waals surface area contributed by atoms with Gasteiger partial charge in [-0.2, -0.15) is 0 Å². The molecular weight excluding hydrogens is 302 g/mol. The predicted molar refractivity (Wildman–Crippen MR) is 83.1 cm³/mol. The second kappa shape index (κ2) is 5.45. The lowest BCUT2D eigenvalue weighted by Crippen LogP contribution is -2.41. The Morgan fingerprint density at radius 3 is 2.68 bits per heavy atom. The van der Waals surface area contributed by atoms with E-state index in [2.05, 4.69) is 27.8 Å². The minimum absolute atomic E-state index is 0.544. The maximum atomic E-state index is 4.84. The van der Waals surface area contributed by atoms with Gasteiger partial charge >= 0.3 is 0 Å². The first kappa shape index (κ1) is 12.9. The highest BCUT2D eigenvalue weighted by Crippen LogP contribution is 2.27. The van der Waals surface area contributed by atoms with E-state index in [1.165, 1.54) is 19.3 Å². The molecule has 1 aromatic carbocycles. The Hall–Kier alpha value is -1.16. The summed E-state index contributed by atoms with van der Waals surface area (Å²) in [6.45, 7) is 3.15. The Kier molecular flexibility index (Phi) is 3.69. The molecular formula is C15H18BrN3. The van der Waals surface area contributed by atoms with Crippen molar-refractivity contribution in [2.45, 2.75) is 32.2 Å². The molecule has 3 nitrogen and oxygen atoms in total. The first-order valence-corrected chi connectivity index (χ1v) is 7.98. The minimum Gasteiger partial charge on any atom is -0.351 e. The van der Waals surface area contributed by atoms with Crippen LogP contribution in [0.2, 0.25) is 0 Å². The van der Waals surface area contributed by atoms with E-state index >= 15 is 0 Å². The lowest BCUT2D eigenvalue weighted by atomic mass is 10.0. The number of anilines is 1. The van der Waals surface area contributed by atoms with E-state index in [4.69, 9.17) is 9.97 Å². The Balaban J connectivity index is 2.05. The van der Waals surface area contributed by atoms with Crippen molar-refractivity contribution in [2.75, 3.05) is 16.8 Å². The largest absolute Gasteiger partial charge is 0.351 e. The van der Waals surface area contributed by atoms with Gasteiger partial charge in [0.2, 0.25) is 0 Å². The Morgan fingerprint density at radius 1 is 1.21 bits per heavy atom. The summed E-state index contributed by atoms with van der Waals surface area (Å²) in [6, 6.07) is 8.64. The van der Waals surface area contributed by atoms with Gasteiger partial charge in [-0.15, -0.1) is 0 Å². The van der Waals surface area contributed by atoms with Gasteiger partial charge in [0.1, 0.15) is 0 Å². The number of halogens is 1. The maximum Gasteiger partial charge on any atom is 0.151 e. The van der Waals surface area contributed by atoms with E-state index in [-0.39, 0.29) is 0 Å². The second-order valence-electron chi connectivity index (χ2n) is 5.12. The Bertz CT molecular complexity index is 585. The van der Waals surface area contributed by atoms with Crippen molar-refractivity contribution in [1.29, 1.82) is 0 Å². The second-order valence-corrected chi connectivity index (χ2v) is 5.77. The lowest BCUT2D eigenvalue weighted by molar-refractivity contribution is 0.487. The summed E-state index contributed by atoms with van der Waals surface area (Å²) in [4.78, 5) is 12.0. The van der Waals surface area contributed by atoms with Gasteiger partial charge in [0, 0.05) is 17.9 Å². The number of alkyl halides is 1. The molecule has 1 saturated heterocycles. The number of hydrogen-bond acceptors (Lipinski definition) is 3. The third kappa shape index (κ3) is 2.46. The molecule has 0 spiro atoms. The van der Waals surface area contributed by atoms with Crippen molar-refractivity contribution < 1.29 is 0 Å². The molecule has 0 bridgehead atoms. The summed E-state index contributed by atoms with van der Waals surface area (Å²) in [6.07, 6.45) is 3.80. The molecule has 1 aliphatic rings. The number of piperidine rings is 1. The highest BCUT2D eigenvalue weighted by Gasteiger charge is 2.24. The summed E-state index contributed by atoms with van der Waals surface area (Å²) in [5.74, 6) is 1.06. The van der Waals surface area contributed by atoms with Crippen LogP contribution in [0.5, 0.6) is 0 Å². The van der Waals surface area contributed by atoms with E-state index in [1.54, 1.807) is 0 Å². The van der Waals surface area contributed by atoms with Crippen molar-refractivity contribution in [3.63, 3.8) is 0 Å². The van der Waals surface area contributed by atoms with Gasteiger partial charge in [0.05, 0.1) is 16.7 Å². The van der Waals surface area contributed by atoms with Gasteiger partial charge < -0.3 is 4.90 Å². The van der Waals surface area contributed by atoms with Crippen LogP contribution in [0.3, 0.4) is 0 Å². The van der Waals surface area contributed by atoms with E-state index in [9.17, 15) is 0 Å². The van der Waals surface area contributed by atoms with Crippen molar-refractivity contribution in [1.82, 2.24) is 9.97 Å². The van der Waals surface area contributed by atoms with Crippen molar-refractivity contribution in [3.8, 4) is 0 Å². The highest BCUT2D eigenvalue weighted by atomic mass is 79.9. The molecule has 2 heterocycles. The third-order valence-corrected chi connectivity index (χ3v) is 4.54. The quantitative estimate of drug-likeness (QED) is 0.790. The van der Waals surface area contributed by atoms with Gasteiger partial charge in [-0.05, 0) is 38.3 Å². The fraction of sp³-hybridized carbons (Fsp3) is 0.467. The molecule has 0 N–H and O–H groups in total. The third-order valence-electron chi connectivity index (χ3n) is 3.80. The topological polar surface area (TPSA) is 29.0 Å². The van der Waals surface area contributed by atoms with E-state index in [0.29, 0.717) is 6.04 Å². The van der Waals surface area contributed by atoms with Gasteiger partial charge in [0.15, 0.2) is 5.82 Å². The molecule has 4 heteroatoms. The molecule has 0 saturated carbocycles. The van der Waals surface area contributed by atoms with Gasteiger partial charge in [-0.1, -0.05) is 28.1 Å². The number of fused-ring (bicyclic) bond motifs is 1. The molecule has 0 amide bonds. The van der Waals surface area contributed by atoms with Crippen LogP contribution in [0.4, 0.5) is 5.82 Å². The average Bonchev–Trinajstić information content (AvgIpc) is 2.46. The van der Waals surface area contributed by atoms with E-state index in [1.807, 2.05) is 24.3 Å². The molecule has 3 rings (SSSR count). The summed E-state index contributed by atoms with van der Waals surface area (Å²) >= 11 is 3.63. The predicted octanol–water partition coefficient (Wildman–Crippen LogP) is 3.69. The highest BCUT2D eigenvalue weighted by molar-refractivity contribution is 9.09. The normalized spacial score (nSPS) is 19.9. The molecule has 19 heavy (non-hydrogen) atoms. The number of benzene rings is 1. The molecule has 1 aliphatic heterocycles. The fourth-order valence-electron chi connectivity index (χ4n) is 2.79. The van der Waals surface area contributed by atoms with Crippen LogP contribution in [0.25, 0.3) is 11.0 Å². The van der Waals surface area contributed by atoms with Crippen LogP contribution in [0, 0.1) is 6.92 Å². The van der Waals surface area contributed by atoms with Crippen LogP contribution >= 0.6 is 15.9 Å².